The van der Waals surface area contributed by atoms with E-state index in [2.05, 4.69) is 4.98 Å². The molecule has 0 unspecified atom stereocenters. The predicted octanol–water partition coefficient (Wildman–Crippen LogP) is 2.44. The fourth-order valence-corrected chi connectivity index (χ4v) is 4.83. The number of benzene rings is 1. The minimum atomic E-state index is -4.59. The second kappa shape index (κ2) is 8.76. The number of anilines is 1. The summed E-state index contributed by atoms with van der Waals surface area (Å²) in [6, 6.07) is 3.53. The highest BCUT2D eigenvalue weighted by atomic mass is 35.5. The van der Waals surface area contributed by atoms with Crippen molar-refractivity contribution in [3.63, 3.8) is 0 Å². The van der Waals surface area contributed by atoms with Gasteiger partial charge in [0.2, 0.25) is 11.8 Å². The van der Waals surface area contributed by atoms with Crippen LogP contribution in [0.3, 0.4) is 0 Å². The molecule has 0 radical (unpaired) electrons. The second-order valence-corrected chi connectivity index (χ2v) is 8.91. The van der Waals surface area contributed by atoms with Crippen LogP contribution in [0, 0.1) is 11.7 Å². The van der Waals surface area contributed by atoms with Gasteiger partial charge in [-0.25, -0.2) is 9.37 Å². The standard InChI is InChI=1S/C22H19ClF4N4O4/c23-14-5-15(24)19(29-8-14)30-9-17(33)31(21(20(30)35)6-12(7-21)18(28)34)16(10-32)11-1-3-13(4-2-11)22(25,26)27/h1-5,8,12,16,32H,6-7,9-10H2,(H2,28,34)/t12?,16-,21?/m0/s1. The van der Waals surface area contributed by atoms with Gasteiger partial charge in [-0.15, -0.1) is 0 Å². The molecule has 1 aromatic carbocycles. The maximum Gasteiger partial charge on any atom is 0.416 e. The Labute approximate surface area is 201 Å². The van der Waals surface area contributed by atoms with E-state index in [1.54, 1.807) is 0 Å². The Balaban J connectivity index is 1.75. The van der Waals surface area contributed by atoms with E-state index in [0.717, 1.165) is 46.3 Å². The van der Waals surface area contributed by atoms with Crippen LogP contribution in [0.15, 0.2) is 36.5 Å². The third-order valence-corrected chi connectivity index (χ3v) is 6.60. The van der Waals surface area contributed by atoms with Crippen LogP contribution in [0.4, 0.5) is 23.4 Å². The number of hydrogen-bond acceptors (Lipinski definition) is 5. The molecular weight excluding hydrogens is 496 g/mol. The fraction of sp³-hybridized carbons (Fsp3) is 0.364. The van der Waals surface area contributed by atoms with Crippen LogP contribution in [0.1, 0.15) is 30.0 Å². The maximum absolute atomic E-state index is 14.6. The van der Waals surface area contributed by atoms with Crippen molar-refractivity contribution in [2.45, 2.75) is 30.6 Å². The van der Waals surface area contributed by atoms with Crippen LogP contribution < -0.4 is 10.6 Å². The van der Waals surface area contributed by atoms with Crippen LogP contribution in [0.2, 0.25) is 5.02 Å². The Hall–Kier alpha value is -3.25. The summed E-state index contributed by atoms with van der Waals surface area (Å²) in [7, 11) is 0. The van der Waals surface area contributed by atoms with Crippen LogP contribution >= 0.6 is 11.6 Å². The summed E-state index contributed by atoms with van der Waals surface area (Å²) < 4.78 is 53.5. The predicted molar refractivity (Wildman–Crippen MR) is 114 cm³/mol. The Bertz CT molecular complexity index is 1180. The number of nitrogens with two attached hydrogens (primary N) is 1. The number of halogens is 5. The summed E-state index contributed by atoms with van der Waals surface area (Å²) in [6.45, 7) is -1.37. The van der Waals surface area contributed by atoms with E-state index in [-0.39, 0.29) is 23.4 Å². The summed E-state index contributed by atoms with van der Waals surface area (Å²) in [4.78, 5) is 44.4. The van der Waals surface area contributed by atoms with Gasteiger partial charge in [0.15, 0.2) is 11.6 Å². The molecule has 1 spiro atoms. The molecule has 2 aliphatic rings. The van der Waals surface area contributed by atoms with E-state index in [0.29, 0.717) is 0 Å². The van der Waals surface area contributed by atoms with Crippen molar-refractivity contribution in [2.24, 2.45) is 11.7 Å². The molecule has 4 rings (SSSR count). The molecule has 35 heavy (non-hydrogen) atoms. The average molecular weight is 515 g/mol. The van der Waals surface area contributed by atoms with Gasteiger partial charge in [0, 0.05) is 12.1 Å². The van der Waals surface area contributed by atoms with Gasteiger partial charge >= 0.3 is 6.18 Å². The third-order valence-electron chi connectivity index (χ3n) is 6.39. The Morgan fingerprint density at radius 1 is 1.26 bits per heavy atom. The maximum atomic E-state index is 14.6. The van der Waals surface area contributed by atoms with Gasteiger partial charge < -0.3 is 15.7 Å². The number of carbonyl (C=O) groups excluding carboxylic acids is 3. The van der Waals surface area contributed by atoms with Crippen molar-refractivity contribution in [2.75, 3.05) is 18.1 Å². The number of nitrogens with zero attached hydrogens (tertiary/aromatic N) is 3. The van der Waals surface area contributed by atoms with Gasteiger partial charge in [-0.1, -0.05) is 23.7 Å². The van der Waals surface area contributed by atoms with Crippen LogP contribution in [0.5, 0.6) is 0 Å². The van der Waals surface area contributed by atoms with Gasteiger partial charge in [-0.2, -0.15) is 13.2 Å². The van der Waals surface area contributed by atoms with Crippen molar-refractivity contribution < 1.29 is 37.1 Å². The van der Waals surface area contributed by atoms with E-state index < -0.39 is 71.7 Å². The Kier molecular flexibility index (Phi) is 6.22. The number of rotatable bonds is 5. The highest BCUT2D eigenvalue weighted by Gasteiger charge is 2.63. The number of carbonyl (C=O) groups is 3. The Morgan fingerprint density at radius 2 is 1.89 bits per heavy atom. The van der Waals surface area contributed by atoms with E-state index in [1.807, 2.05) is 0 Å². The van der Waals surface area contributed by atoms with Crippen molar-refractivity contribution in [3.05, 3.63) is 58.5 Å². The van der Waals surface area contributed by atoms with Gasteiger partial charge in [0.1, 0.15) is 12.1 Å². The molecule has 8 nitrogen and oxygen atoms in total. The molecule has 3 N–H and O–H groups in total. The lowest BCUT2D eigenvalue weighted by Gasteiger charge is -2.58. The number of aliphatic hydroxyl groups excluding tert-OH is 1. The molecule has 186 valence electrons. The fourth-order valence-electron chi connectivity index (χ4n) is 4.68. The number of pyridine rings is 1. The highest BCUT2D eigenvalue weighted by Crippen LogP contribution is 2.49. The van der Waals surface area contributed by atoms with Crippen molar-refractivity contribution in [3.8, 4) is 0 Å². The summed E-state index contributed by atoms with van der Waals surface area (Å²) in [5, 5.41) is 10.1. The molecule has 1 aliphatic carbocycles. The molecule has 1 atom stereocenters. The summed E-state index contributed by atoms with van der Waals surface area (Å²) >= 11 is 5.73. The number of alkyl halides is 3. The van der Waals surface area contributed by atoms with Crippen LogP contribution in [0.25, 0.3) is 0 Å². The Morgan fingerprint density at radius 3 is 2.40 bits per heavy atom. The first kappa shape index (κ1) is 24.9. The molecule has 1 aliphatic heterocycles. The molecule has 3 amide bonds. The summed E-state index contributed by atoms with van der Waals surface area (Å²) in [5.74, 6) is -4.35. The topological polar surface area (TPSA) is 117 Å². The number of aromatic nitrogens is 1. The SMILES string of the molecule is NC(=O)C1CC2(C1)C(=O)N(c1ncc(Cl)cc1F)CC(=O)N2[C@@H](CO)c1ccc(C(F)(F)F)cc1. The van der Waals surface area contributed by atoms with Crippen molar-refractivity contribution >= 4 is 35.1 Å². The van der Waals surface area contributed by atoms with Gasteiger partial charge in [-0.3, -0.25) is 19.3 Å². The minimum absolute atomic E-state index is 0.0292. The monoisotopic (exact) mass is 514 g/mol. The van der Waals surface area contributed by atoms with E-state index in [1.165, 1.54) is 0 Å². The zero-order valence-electron chi connectivity index (χ0n) is 17.9. The lowest BCUT2D eigenvalue weighted by atomic mass is 9.64. The zero-order chi connectivity index (χ0) is 25.7. The number of piperazine rings is 1. The third kappa shape index (κ3) is 4.20. The molecule has 13 heteroatoms. The number of amides is 3. The number of primary amides is 1. The van der Waals surface area contributed by atoms with Gasteiger partial charge in [0.05, 0.1) is 23.2 Å². The van der Waals surface area contributed by atoms with E-state index in [9.17, 15) is 37.1 Å². The molecule has 2 aromatic rings. The first-order chi connectivity index (χ1) is 16.4. The lowest BCUT2D eigenvalue weighted by molar-refractivity contribution is -0.169. The lowest BCUT2D eigenvalue weighted by Crippen LogP contribution is -2.74. The number of hydrogen-bond donors (Lipinski definition) is 2. The first-order valence-electron chi connectivity index (χ1n) is 10.4. The largest absolute Gasteiger partial charge is 0.416 e. The second-order valence-electron chi connectivity index (χ2n) is 8.47. The van der Waals surface area contributed by atoms with Crippen LogP contribution in [-0.2, 0) is 20.6 Å². The quantitative estimate of drug-likeness (QED) is 0.594. The molecule has 1 saturated carbocycles. The normalized spacial score (nSPS) is 23.4. The molecule has 0 bridgehead atoms. The molecule has 2 heterocycles. The van der Waals surface area contributed by atoms with Gasteiger partial charge in [-0.05, 0) is 36.6 Å². The highest BCUT2D eigenvalue weighted by molar-refractivity contribution is 6.30. The van der Waals surface area contributed by atoms with Crippen LogP contribution in [-0.4, -0.2) is 51.4 Å². The zero-order valence-corrected chi connectivity index (χ0v) is 18.7. The van der Waals surface area contributed by atoms with E-state index in [4.69, 9.17) is 17.3 Å². The average Bonchev–Trinajstić information content (AvgIpc) is 2.75. The molecular formula is C22H19ClF4N4O4. The van der Waals surface area contributed by atoms with Crippen molar-refractivity contribution in [1.29, 1.82) is 0 Å². The summed E-state index contributed by atoms with van der Waals surface area (Å²) in [6.07, 6.45) is -3.89. The molecule has 1 aromatic heterocycles. The van der Waals surface area contributed by atoms with Gasteiger partial charge in [0.25, 0.3) is 5.91 Å². The molecule has 2 fully saturated rings. The molecule has 1 saturated heterocycles. The van der Waals surface area contributed by atoms with Crippen molar-refractivity contribution in [1.82, 2.24) is 9.88 Å². The number of aliphatic hydroxyl groups is 1. The van der Waals surface area contributed by atoms with E-state index >= 15 is 0 Å². The first-order valence-corrected chi connectivity index (χ1v) is 10.8. The smallest absolute Gasteiger partial charge is 0.394 e. The summed E-state index contributed by atoms with van der Waals surface area (Å²) in [5.41, 5.74) is 2.90. The minimum Gasteiger partial charge on any atom is -0.394 e.